The lowest BCUT2D eigenvalue weighted by Crippen LogP contribution is -2.26. The van der Waals surface area contributed by atoms with Crippen molar-refractivity contribution in [3.8, 4) is 11.4 Å². The molecule has 4 N–H and O–H groups in total. The Bertz CT molecular complexity index is 1170. The molecule has 1 aliphatic rings. The number of aliphatic carboxylic acids is 1. The van der Waals surface area contributed by atoms with Gasteiger partial charge in [0.15, 0.2) is 0 Å². The fourth-order valence-electron chi connectivity index (χ4n) is 4.89. The van der Waals surface area contributed by atoms with E-state index in [-0.39, 0.29) is 30.7 Å². The number of aryl methyl sites for hydroxylation is 1. The second kappa shape index (κ2) is 11.7. The van der Waals surface area contributed by atoms with Gasteiger partial charge in [-0.15, -0.1) is 0 Å². The van der Waals surface area contributed by atoms with Crippen molar-refractivity contribution in [2.75, 3.05) is 11.9 Å². The van der Waals surface area contributed by atoms with Crippen molar-refractivity contribution >= 4 is 17.6 Å². The van der Waals surface area contributed by atoms with Crippen molar-refractivity contribution < 1.29 is 19.8 Å². The van der Waals surface area contributed by atoms with Crippen LogP contribution in [0.4, 0.5) is 5.69 Å². The molecule has 3 aromatic rings. The Morgan fingerprint density at radius 3 is 2.39 bits per heavy atom. The maximum absolute atomic E-state index is 12.3. The van der Waals surface area contributed by atoms with E-state index in [1.807, 2.05) is 28.9 Å². The molecule has 190 valence electrons. The van der Waals surface area contributed by atoms with Gasteiger partial charge >= 0.3 is 5.97 Å². The first-order valence-corrected chi connectivity index (χ1v) is 12.7. The molecule has 4 rings (SSSR count). The third-order valence-corrected chi connectivity index (χ3v) is 6.82. The highest BCUT2D eigenvalue weighted by atomic mass is 16.4. The summed E-state index contributed by atoms with van der Waals surface area (Å²) in [6, 6.07) is 14.5. The first-order chi connectivity index (χ1) is 17.4. The topological polar surface area (TPSA) is 116 Å². The number of amides is 1. The fraction of sp³-hybridized carbons (Fsp3) is 0.393. The highest BCUT2D eigenvalue weighted by Crippen LogP contribution is 2.38. The minimum atomic E-state index is -0.941. The summed E-state index contributed by atoms with van der Waals surface area (Å²) in [4.78, 5) is 23.0. The summed E-state index contributed by atoms with van der Waals surface area (Å²) < 4.78 is 1.88. The lowest BCUT2D eigenvalue weighted by atomic mass is 9.81. The van der Waals surface area contributed by atoms with E-state index in [1.54, 1.807) is 24.3 Å². The molecule has 0 spiro atoms. The van der Waals surface area contributed by atoms with Gasteiger partial charge in [0.1, 0.15) is 5.75 Å². The van der Waals surface area contributed by atoms with Gasteiger partial charge in [-0.1, -0.05) is 26.2 Å². The van der Waals surface area contributed by atoms with E-state index in [1.165, 1.54) is 24.8 Å². The number of carbonyl (C=O) groups is 2. The van der Waals surface area contributed by atoms with Crippen molar-refractivity contribution in [1.82, 2.24) is 15.1 Å². The number of nitrogens with one attached hydrogen (secondary N) is 2. The van der Waals surface area contributed by atoms with E-state index in [2.05, 4.69) is 23.8 Å². The molecule has 1 fully saturated rings. The number of aromatic nitrogens is 2. The first kappa shape index (κ1) is 25.3. The lowest BCUT2D eigenvalue weighted by molar-refractivity contribution is -0.136. The maximum atomic E-state index is 12.3. The van der Waals surface area contributed by atoms with Crippen molar-refractivity contribution in [2.24, 2.45) is 5.92 Å². The second-order valence-electron chi connectivity index (χ2n) is 9.34. The Balaban J connectivity index is 1.57. The van der Waals surface area contributed by atoms with Gasteiger partial charge in [0, 0.05) is 29.6 Å². The Morgan fingerprint density at radius 2 is 1.75 bits per heavy atom. The van der Waals surface area contributed by atoms with Crippen LogP contribution in [0.15, 0.2) is 54.7 Å². The van der Waals surface area contributed by atoms with Gasteiger partial charge in [0.25, 0.3) is 5.91 Å². The second-order valence-corrected chi connectivity index (χ2v) is 9.34. The first-order valence-electron chi connectivity index (χ1n) is 12.7. The number of phenols is 1. The third-order valence-electron chi connectivity index (χ3n) is 6.82. The van der Waals surface area contributed by atoms with E-state index in [0.29, 0.717) is 11.5 Å². The molecule has 0 saturated heterocycles. The molecular weight excluding hydrogens is 456 g/mol. The zero-order chi connectivity index (χ0) is 25.5. The van der Waals surface area contributed by atoms with Gasteiger partial charge in [0.2, 0.25) is 0 Å². The van der Waals surface area contributed by atoms with Gasteiger partial charge in [-0.2, -0.15) is 5.10 Å². The van der Waals surface area contributed by atoms with E-state index >= 15 is 0 Å². The highest BCUT2D eigenvalue weighted by Gasteiger charge is 2.28. The number of hydrogen-bond acceptors (Lipinski definition) is 5. The number of phenolic OH excluding ortho intramolecular Hbond substituents is 1. The van der Waals surface area contributed by atoms with Crippen LogP contribution in [0.1, 0.15) is 73.1 Å². The van der Waals surface area contributed by atoms with Gasteiger partial charge in [-0.25, -0.2) is 4.68 Å². The van der Waals surface area contributed by atoms with Crippen molar-refractivity contribution in [3.63, 3.8) is 0 Å². The Labute approximate surface area is 211 Å². The van der Waals surface area contributed by atoms with Crippen LogP contribution in [0.5, 0.6) is 5.75 Å². The molecule has 1 unspecified atom stereocenters. The van der Waals surface area contributed by atoms with Crippen molar-refractivity contribution in [1.29, 1.82) is 0 Å². The van der Waals surface area contributed by atoms with Crippen LogP contribution in [0.3, 0.4) is 0 Å². The van der Waals surface area contributed by atoms with Crippen molar-refractivity contribution in [3.05, 3.63) is 71.5 Å². The molecule has 1 aliphatic carbocycles. The zero-order valence-electron chi connectivity index (χ0n) is 20.6. The molecule has 8 heteroatoms. The Morgan fingerprint density at radius 1 is 1.06 bits per heavy atom. The summed E-state index contributed by atoms with van der Waals surface area (Å²) in [5.74, 6) is -0.526. The molecule has 2 aromatic carbocycles. The predicted octanol–water partition coefficient (Wildman–Crippen LogP) is 5.08. The van der Waals surface area contributed by atoms with Gasteiger partial charge in [-0.05, 0) is 73.7 Å². The fourth-order valence-corrected chi connectivity index (χ4v) is 4.89. The van der Waals surface area contributed by atoms with Gasteiger partial charge < -0.3 is 20.8 Å². The highest BCUT2D eigenvalue weighted by molar-refractivity contribution is 5.94. The molecule has 1 heterocycles. The molecule has 1 aromatic heterocycles. The van der Waals surface area contributed by atoms with E-state index in [0.717, 1.165) is 36.3 Å². The number of nitrogens with zero attached hydrogens (tertiary/aromatic N) is 2. The minimum Gasteiger partial charge on any atom is -0.508 e. The van der Waals surface area contributed by atoms with E-state index in [9.17, 15) is 14.7 Å². The number of anilines is 1. The van der Waals surface area contributed by atoms with E-state index in [4.69, 9.17) is 10.2 Å². The van der Waals surface area contributed by atoms with Crippen LogP contribution in [-0.4, -0.2) is 38.4 Å². The SMILES string of the molecule is CCc1nn(-c2ccc(O)cc2)cc1C(Nc1ccc(C(=O)NCCC(=O)O)cc1)C1CCCCC1. The minimum absolute atomic E-state index is 0.0846. The number of aromatic hydroxyl groups is 1. The van der Waals surface area contributed by atoms with Gasteiger partial charge in [-0.3, -0.25) is 9.59 Å². The summed E-state index contributed by atoms with van der Waals surface area (Å²) >= 11 is 0. The number of carboxylic acid groups (broad SMARTS) is 1. The number of benzene rings is 2. The molecule has 0 radical (unpaired) electrons. The van der Waals surface area contributed by atoms with Crippen LogP contribution in [-0.2, 0) is 11.2 Å². The lowest BCUT2D eigenvalue weighted by Gasteiger charge is -2.32. The van der Waals surface area contributed by atoms with E-state index < -0.39 is 5.97 Å². The van der Waals surface area contributed by atoms with Crippen molar-refractivity contribution in [2.45, 2.75) is 57.9 Å². The molecule has 36 heavy (non-hydrogen) atoms. The average molecular weight is 491 g/mol. The predicted molar refractivity (Wildman–Crippen MR) is 139 cm³/mol. The number of carbonyl (C=O) groups excluding carboxylic acids is 1. The molecule has 0 bridgehead atoms. The largest absolute Gasteiger partial charge is 0.508 e. The standard InChI is InChI=1S/C28H34N4O4/c1-2-25-24(18-32(31-25)22-12-14-23(33)15-13-22)27(19-6-4-3-5-7-19)30-21-10-8-20(9-11-21)28(36)29-17-16-26(34)35/h8-15,18-19,27,30,33H,2-7,16-17H2,1H3,(H,29,36)(H,34,35). The Hall–Kier alpha value is -3.81. The zero-order valence-corrected chi connectivity index (χ0v) is 20.6. The molecule has 1 atom stereocenters. The third kappa shape index (κ3) is 6.24. The average Bonchev–Trinajstić information content (AvgIpc) is 3.32. The maximum Gasteiger partial charge on any atom is 0.305 e. The normalized spacial score (nSPS) is 14.8. The van der Waals surface area contributed by atoms with Crippen LogP contribution in [0.25, 0.3) is 5.69 Å². The van der Waals surface area contributed by atoms with Crippen LogP contribution < -0.4 is 10.6 Å². The summed E-state index contributed by atoms with van der Waals surface area (Å²) in [5, 5.41) is 29.7. The van der Waals surface area contributed by atoms with Crippen LogP contribution in [0.2, 0.25) is 0 Å². The monoisotopic (exact) mass is 490 g/mol. The Kier molecular flexibility index (Phi) is 8.25. The molecule has 8 nitrogen and oxygen atoms in total. The smallest absolute Gasteiger partial charge is 0.305 e. The van der Waals surface area contributed by atoms with Gasteiger partial charge in [0.05, 0.1) is 23.8 Å². The number of rotatable bonds is 10. The summed E-state index contributed by atoms with van der Waals surface area (Å²) in [6.45, 7) is 2.21. The number of carboxylic acids is 1. The number of hydrogen-bond donors (Lipinski definition) is 4. The molecule has 1 saturated carbocycles. The summed E-state index contributed by atoms with van der Waals surface area (Å²) in [5.41, 5.74) is 4.53. The van der Waals surface area contributed by atoms with Crippen LogP contribution in [0, 0.1) is 5.92 Å². The molecule has 1 amide bonds. The summed E-state index contributed by atoms with van der Waals surface area (Å²) in [6.07, 6.45) is 8.79. The summed E-state index contributed by atoms with van der Waals surface area (Å²) in [7, 11) is 0. The molecule has 0 aliphatic heterocycles. The molecular formula is C28H34N4O4. The quantitative estimate of drug-likeness (QED) is 0.315. The van der Waals surface area contributed by atoms with Crippen LogP contribution >= 0.6 is 0 Å².